The molecule has 0 unspecified atom stereocenters. The first-order valence-corrected chi connectivity index (χ1v) is 6.66. The number of rotatable bonds is 3. The van der Waals surface area contributed by atoms with Crippen molar-refractivity contribution in [1.29, 1.82) is 0 Å². The molecule has 16 heavy (non-hydrogen) atoms. The SMILES string of the molecule is NCc1cccc(CC2CCCCCC2)c1. The fourth-order valence-corrected chi connectivity index (χ4v) is 2.78. The van der Waals surface area contributed by atoms with E-state index in [1.807, 2.05) is 0 Å². The molecule has 0 spiro atoms. The van der Waals surface area contributed by atoms with Crippen molar-refractivity contribution in [3.8, 4) is 0 Å². The summed E-state index contributed by atoms with van der Waals surface area (Å²) in [6, 6.07) is 8.81. The van der Waals surface area contributed by atoms with Gasteiger partial charge in [-0.25, -0.2) is 0 Å². The molecule has 1 aliphatic rings. The zero-order valence-corrected chi connectivity index (χ0v) is 10.1. The van der Waals surface area contributed by atoms with Crippen LogP contribution in [0.1, 0.15) is 49.7 Å². The first-order chi connectivity index (χ1) is 7.88. The molecule has 0 radical (unpaired) electrons. The van der Waals surface area contributed by atoms with Gasteiger partial charge < -0.3 is 5.73 Å². The van der Waals surface area contributed by atoms with Crippen molar-refractivity contribution in [3.05, 3.63) is 35.4 Å². The average molecular weight is 217 g/mol. The monoisotopic (exact) mass is 217 g/mol. The van der Waals surface area contributed by atoms with Crippen LogP contribution in [0.15, 0.2) is 24.3 Å². The van der Waals surface area contributed by atoms with Gasteiger partial charge in [0.2, 0.25) is 0 Å². The van der Waals surface area contributed by atoms with Gasteiger partial charge in [-0.15, -0.1) is 0 Å². The Labute approximate surface area is 99.0 Å². The van der Waals surface area contributed by atoms with E-state index >= 15 is 0 Å². The van der Waals surface area contributed by atoms with Crippen LogP contribution in [-0.4, -0.2) is 0 Å². The van der Waals surface area contributed by atoms with E-state index in [0.717, 1.165) is 5.92 Å². The van der Waals surface area contributed by atoms with E-state index in [4.69, 9.17) is 5.73 Å². The van der Waals surface area contributed by atoms with Crippen molar-refractivity contribution >= 4 is 0 Å². The van der Waals surface area contributed by atoms with E-state index in [-0.39, 0.29) is 0 Å². The summed E-state index contributed by atoms with van der Waals surface area (Å²) in [5, 5.41) is 0. The molecule has 0 amide bonds. The molecule has 0 bridgehead atoms. The lowest BCUT2D eigenvalue weighted by Crippen LogP contribution is -2.04. The molecular formula is C15H23N. The number of hydrogen-bond acceptors (Lipinski definition) is 1. The van der Waals surface area contributed by atoms with E-state index in [1.54, 1.807) is 0 Å². The van der Waals surface area contributed by atoms with Crippen LogP contribution >= 0.6 is 0 Å². The Morgan fingerprint density at radius 3 is 2.38 bits per heavy atom. The minimum absolute atomic E-state index is 0.665. The summed E-state index contributed by atoms with van der Waals surface area (Å²) in [7, 11) is 0. The molecule has 0 atom stereocenters. The van der Waals surface area contributed by atoms with E-state index in [9.17, 15) is 0 Å². The highest BCUT2D eigenvalue weighted by Crippen LogP contribution is 2.26. The van der Waals surface area contributed by atoms with Gasteiger partial charge in [0.15, 0.2) is 0 Å². The molecule has 1 saturated carbocycles. The lowest BCUT2D eigenvalue weighted by Gasteiger charge is -2.14. The molecule has 0 heterocycles. The minimum Gasteiger partial charge on any atom is -0.326 e. The third kappa shape index (κ3) is 3.34. The second-order valence-electron chi connectivity index (χ2n) is 5.09. The molecule has 0 aliphatic heterocycles. The van der Waals surface area contributed by atoms with Gasteiger partial charge in [0.25, 0.3) is 0 Å². The largest absolute Gasteiger partial charge is 0.326 e. The van der Waals surface area contributed by atoms with E-state index in [1.165, 1.54) is 56.1 Å². The van der Waals surface area contributed by atoms with Gasteiger partial charge in [0.1, 0.15) is 0 Å². The van der Waals surface area contributed by atoms with Crippen molar-refractivity contribution in [1.82, 2.24) is 0 Å². The van der Waals surface area contributed by atoms with Crippen LogP contribution in [0.2, 0.25) is 0 Å². The summed E-state index contributed by atoms with van der Waals surface area (Å²) in [6.45, 7) is 0.665. The van der Waals surface area contributed by atoms with Gasteiger partial charge >= 0.3 is 0 Å². The molecule has 2 N–H and O–H groups in total. The molecule has 1 nitrogen and oxygen atoms in total. The van der Waals surface area contributed by atoms with Gasteiger partial charge in [-0.1, -0.05) is 62.8 Å². The highest BCUT2D eigenvalue weighted by atomic mass is 14.5. The lowest BCUT2D eigenvalue weighted by atomic mass is 9.92. The molecule has 2 rings (SSSR count). The Kier molecular flexibility index (Phi) is 4.41. The first kappa shape index (κ1) is 11.7. The third-order valence-corrected chi connectivity index (χ3v) is 3.73. The number of hydrogen-bond donors (Lipinski definition) is 1. The van der Waals surface area contributed by atoms with Gasteiger partial charge in [-0.2, -0.15) is 0 Å². The van der Waals surface area contributed by atoms with Crippen molar-refractivity contribution in [2.45, 2.75) is 51.5 Å². The molecule has 88 valence electrons. The Morgan fingerprint density at radius 1 is 1.00 bits per heavy atom. The Balaban J connectivity index is 1.96. The van der Waals surface area contributed by atoms with Crippen LogP contribution in [0.5, 0.6) is 0 Å². The van der Waals surface area contributed by atoms with E-state index < -0.39 is 0 Å². The topological polar surface area (TPSA) is 26.0 Å². The minimum atomic E-state index is 0.665. The summed E-state index contributed by atoms with van der Waals surface area (Å²) in [5.74, 6) is 0.913. The van der Waals surface area contributed by atoms with Crippen molar-refractivity contribution in [3.63, 3.8) is 0 Å². The predicted molar refractivity (Wildman–Crippen MR) is 69.2 cm³/mol. The summed E-state index contributed by atoms with van der Waals surface area (Å²) in [6.07, 6.45) is 9.86. The highest BCUT2D eigenvalue weighted by molar-refractivity contribution is 5.23. The smallest absolute Gasteiger partial charge is 0.0178 e. The molecule has 0 saturated heterocycles. The van der Waals surface area contributed by atoms with Crippen LogP contribution < -0.4 is 5.73 Å². The van der Waals surface area contributed by atoms with Crippen molar-refractivity contribution in [2.24, 2.45) is 11.7 Å². The first-order valence-electron chi connectivity index (χ1n) is 6.66. The summed E-state index contributed by atoms with van der Waals surface area (Å²) >= 11 is 0. The zero-order chi connectivity index (χ0) is 11.2. The number of benzene rings is 1. The Hall–Kier alpha value is -0.820. The van der Waals surface area contributed by atoms with Crippen LogP contribution in [0.25, 0.3) is 0 Å². The fourth-order valence-electron chi connectivity index (χ4n) is 2.78. The molecular weight excluding hydrogens is 194 g/mol. The molecule has 1 aromatic carbocycles. The Morgan fingerprint density at radius 2 is 1.69 bits per heavy atom. The van der Waals surface area contributed by atoms with Crippen LogP contribution in [-0.2, 0) is 13.0 Å². The zero-order valence-electron chi connectivity index (χ0n) is 10.1. The molecule has 1 aliphatic carbocycles. The molecule has 1 heteroatoms. The Bertz CT molecular complexity index is 311. The molecule has 1 aromatic rings. The maximum Gasteiger partial charge on any atom is 0.0178 e. The van der Waals surface area contributed by atoms with Gasteiger partial charge in [-0.3, -0.25) is 0 Å². The second kappa shape index (κ2) is 6.05. The highest BCUT2D eigenvalue weighted by Gasteiger charge is 2.12. The lowest BCUT2D eigenvalue weighted by molar-refractivity contribution is 0.458. The second-order valence-corrected chi connectivity index (χ2v) is 5.09. The maximum absolute atomic E-state index is 5.68. The van der Waals surface area contributed by atoms with E-state index in [2.05, 4.69) is 24.3 Å². The fraction of sp³-hybridized carbons (Fsp3) is 0.600. The maximum atomic E-state index is 5.68. The van der Waals surface area contributed by atoms with Crippen molar-refractivity contribution < 1.29 is 0 Å². The van der Waals surface area contributed by atoms with Crippen LogP contribution in [0.4, 0.5) is 0 Å². The third-order valence-electron chi connectivity index (χ3n) is 3.73. The molecule has 1 fully saturated rings. The van der Waals surface area contributed by atoms with E-state index in [0.29, 0.717) is 6.54 Å². The number of nitrogens with two attached hydrogens (primary N) is 1. The van der Waals surface area contributed by atoms with Gasteiger partial charge in [0.05, 0.1) is 0 Å². The normalized spacial score (nSPS) is 18.3. The van der Waals surface area contributed by atoms with Gasteiger partial charge in [-0.05, 0) is 23.5 Å². The standard InChI is InChI=1S/C15H23N/c16-12-15-9-5-8-14(11-15)10-13-6-3-1-2-4-7-13/h5,8-9,11,13H,1-4,6-7,10,12,16H2. The van der Waals surface area contributed by atoms with Crippen molar-refractivity contribution in [2.75, 3.05) is 0 Å². The van der Waals surface area contributed by atoms with Crippen LogP contribution in [0.3, 0.4) is 0 Å². The predicted octanol–water partition coefficient (Wildman–Crippen LogP) is 3.66. The van der Waals surface area contributed by atoms with Crippen LogP contribution in [0, 0.1) is 5.92 Å². The summed E-state index contributed by atoms with van der Waals surface area (Å²) < 4.78 is 0. The average Bonchev–Trinajstić information content (AvgIpc) is 2.58. The molecule has 0 aromatic heterocycles. The van der Waals surface area contributed by atoms with Gasteiger partial charge in [0, 0.05) is 6.54 Å². The quantitative estimate of drug-likeness (QED) is 0.768. The summed E-state index contributed by atoms with van der Waals surface area (Å²) in [4.78, 5) is 0. The summed E-state index contributed by atoms with van der Waals surface area (Å²) in [5.41, 5.74) is 8.43.